The lowest BCUT2D eigenvalue weighted by molar-refractivity contribution is 0.581. The fourth-order valence-corrected chi connectivity index (χ4v) is 1.83. The van der Waals surface area contributed by atoms with Gasteiger partial charge in [0, 0.05) is 17.8 Å². The normalized spacial score (nSPS) is 10.3. The molecule has 1 aromatic heterocycles. The summed E-state index contributed by atoms with van der Waals surface area (Å²) in [7, 11) is 0. The number of hydrogen-bond donors (Lipinski definition) is 2. The van der Waals surface area contributed by atoms with Gasteiger partial charge in [0.25, 0.3) is 0 Å². The number of thiocarbonyl (C=S) groups is 1. The molecule has 0 aliphatic rings. The molecular formula is C12H8BrF2N3S. The molecule has 1 heterocycles. The van der Waals surface area contributed by atoms with Crippen molar-refractivity contribution < 1.29 is 8.78 Å². The number of pyridine rings is 1. The summed E-state index contributed by atoms with van der Waals surface area (Å²) in [6.45, 7) is 0. The van der Waals surface area contributed by atoms with Crippen molar-refractivity contribution >= 4 is 44.6 Å². The molecule has 19 heavy (non-hydrogen) atoms. The number of aromatic nitrogens is 1. The number of rotatable bonds is 3. The number of anilines is 2. The molecule has 0 saturated carbocycles. The van der Waals surface area contributed by atoms with Crippen LogP contribution in [-0.2, 0) is 0 Å². The summed E-state index contributed by atoms with van der Waals surface area (Å²) >= 11 is 7.79. The van der Waals surface area contributed by atoms with E-state index < -0.39 is 11.6 Å². The summed E-state index contributed by atoms with van der Waals surface area (Å²) in [5.41, 5.74) is 6.17. The maximum atomic E-state index is 13.5. The van der Waals surface area contributed by atoms with Crippen molar-refractivity contribution in [2.75, 3.05) is 5.32 Å². The Kier molecular flexibility index (Phi) is 4.06. The molecule has 0 atom stereocenters. The number of halogens is 3. The highest BCUT2D eigenvalue weighted by Crippen LogP contribution is 2.25. The number of benzene rings is 1. The standard InChI is InChI=1S/C12H8BrF2N3S/c13-7-3-10(9(15)4-8(7)14)18-11-2-1-6(5-17-11)12(16)19/h1-5H,(H2,16,19)(H,17,18). The zero-order valence-electron chi connectivity index (χ0n) is 9.45. The van der Waals surface area contributed by atoms with Gasteiger partial charge in [0.2, 0.25) is 0 Å². The lowest BCUT2D eigenvalue weighted by Gasteiger charge is -2.08. The molecule has 0 aliphatic carbocycles. The zero-order chi connectivity index (χ0) is 14.0. The molecule has 2 aromatic rings. The molecule has 0 amide bonds. The number of nitrogens with zero attached hydrogens (tertiary/aromatic N) is 1. The minimum atomic E-state index is -0.707. The monoisotopic (exact) mass is 343 g/mol. The predicted molar refractivity (Wildman–Crippen MR) is 77.5 cm³/mol. The van der Waals surface area contributed by atoms with E-state index in [1.54, 1.807) is 12.1 Å². The van der Waals surface area contributed by atoms with Gasteiger partial charge in [0.1, 0.15) is 22.4 Å². The van der Waals surface area contributed by atoms with E-state index in [0.717, 1.165) is 6.07 Å². The minimum Gasteiger partial charge on any atom is -0.389 e. The van der Waals surface area contributed by atoms with Crippen LogP contribution in [0.2, 0.25) is 0 Å². The smallest absolute Gasteiger partial charge is 0.149 e. The van der Waals surface area contributed by atoms with Crippen molar-refractivity contribution in [3.05, 3.63) is 52.1 Å². The second kappa shape index (κ2) is 5.58. The van der Waals surface area contributed by atoms with Gasteiger partial charge in [-0.2, -0.15) is 0 Å². The average Bonchev–Trinajstić information content (AvgIpc) is 2.36. The van der Waals surface area contributed by atoms with Crippen LogP contribution >= 0.6 is 28.1 Å². The first kappa shape index (κ1) is 13.8. The first-order chi connectivity index (χ1) is 8.97. The highest BCUT2D eigenvalue weighted by atomic mass is 79.9. The van der Waals surface area contributed by atoms with E-state index in [1.807, 2.05) is 0 Å². The lowest BCUT2D eigenvalue weighted by atomic mass is 10.2. The SMILES string of the molecule is NC(=S)c1ccc(Nc2cc(Br)c(F)cc2F)nc1. The molecule has 0 unspecified atom stereocenters. The molecular weight excluding hydrogens is 336 g/mol. The molecule has 1 aromatic carbocycles. The minimum absolute atomic E-state index is 0.115. The van der Waals surface area contributed by atoms with Crippen LogP contribution in [-0.4, -0.2) is 9.97 Å². The number of nitrogens with one attached hydrogen (secondary N) is 1. The third kappa shape index (κ3) is 3.24. The van der Waals surface area contributed by atoms with Crippen LogP contribution in [0, 0.1) is 11.6 Å². The summed E-state index contributed by atoms with van der Waals surface area (Å²) in [4.78, 5) is 4.27. The topological polar surface area (TPSA) is 50.9 Å². The maximum absolute atomic E-state index is 13.5. The van der Waals surface area contributed by atoms with Crippen LogP contribution in [0.15, 0.2) is 34.9 Å². The largest absolute Gasteiger partial charge is 0.389 e. The van der Waals surface area contributed by atoms with Crippen LogP contribution < -0.4 is 11.1 Å². The Labute approximate surface area is 122 Å². The summed E-state index contributed by atoms with van der Waals surface area (Å²) in [6.07, 6.45) is 1.47. The Morgan fingerprint density at radius 2 is 2.00 bits per heavy atom. The van der Waals surface area contributed by atoms with E-state index in [1.165, 1.54) is 12.3 Å². The summed E-state index contributed by atoms with van der Waals surface area (Å²) in [5.74, 6) is -0.974. The first-order valence-corrected chi connectivity index (χ1v) is 6.35. The number of nitrogens with two attached hydrogens (primary N) is 1. The second-order valence-electron chi connectivity index (χ2n) is 3.67. The van der Waals surface area contributed by atoms with E-state index >= 15 is 0 Å². The second-order valence-corrected chi connectivity index (χ2v) is 4.96. The van der Waals surface area contributed by atoms with Gasteiger partial charge in [0.15, 0.2) is 0 Å². The Bertz CT molecular complexity index is 632. The lowest BCUT2D eigenvalue weighted by Crippen LogP contribution is -2.09. The van der Waals surface area contributed by atoms with Crippen LogP contribution in [0.25, 0.3) is 0 Å². The van der Waals surface area contributed by atoms with Crippen molar-refractivity contribution in [3.8, 4) is 0 Å². The van der Waals surface area contributed by atoms with Gasteiger partial charge < -0.3 is 11.1 Å². The molecule has 0 fully saturated rings. The Morgan fingerprint density at radius 1 is 1.26 bits per heavy atom. The van der Waals surface area contributed by atoms with Crippen molar-refractivity contribution in [1.82, 2.24) is 4.98 Å². The van der Waals surface area contributed by atoms with Gasteiger partial charge in [-0.1, -0.05) is 12.2 Å². The molecule has 0 spiro atoms. The van der Waals surface area contributed by atoms with E-state index in [2.05, 4.69) is 26.2 Å². The van der Waals surface area contributed by atoms with Gasteiger partial charge in [-0.05, 0) is 34.1 Å². The van der Waals surface area contributed by atoms with Crippen molar-refractivity contribution in [1.29, 1.82) is 0 Å². The van der Waals surface area contributed by atoms with Gasteiger partial charge in [-0.3, -0.25) is 0 Å². The summed E-state index contributed by atoms with van der Waals surface area (Å²) < 4.78 is 26.8. The third-order valence-electron chi connectivity index (χ3n) is 2.32. The molecule has 0 radical (unpaired) electrons. The molecule has 0 saturated heterocycles. The molecule has 3 nitrogen and oxygen atoms in total. The molecule has 7 heteroatoms. The zero-order valence-corrected chi connectivity index (χ0v) is 11.9. The summed E-state index contributed by atoms with van der Waals surface area (Å²) in [5, 5.41) is 2.74. The highest BCUT2D eigenvalue weighted by molar-refractivity contribution is 9.10. The van der Waals surface area contributed by atoms with Gasteiger partial charge >= 0.3 is 0 Å². The van der Waals surface area contributed by atoms with E-state index in [0.29, 0.717) is 11.4 Å². The van der Waals surface area contributed by atoms with Crippen LogP contribution in [0.5, 0.6) is 0 Å². The van der Waals surface area contributed by atoms with Gasteiger partial charge in [-0.15, -0.1) is 0 Å². The predicted octanol–water partition coefficient (Wildman–Crippen LogP) is 3.50. The van der Waals surface area contributed by atoms with Crippen LogP contribution in [0.1, 0.15) is 5.56 Å². The average molecular weight is 344 g/mol. The molecule has 2 rings (SSSR count). The summed E-state index contributed by atoms with van der Waals surface area (Å²) in [6, 6.07) is 5.35. The molecule has 98 valence electrons. The quantitative estimate of drug-likeness (QED) is 0.661. The maximum Gasteiger partial charge on any atom is 0.149 e. The van der Waals surface area contributed by atoms with E-state index in [-0.39, 0.29) is 15.1 Å². The van der Waals surface area contributed by atoms with Crippen LogP contribution in [0.4, 0.5) is 20.3 Å². The van der Waals surface area contributed by atoms with E-state index in [4.69, 9.17) is 18.0 Å². The van der Waals surface area contributed by atoms with Crippen molar-refractivity contribution in [2.45, 2.75) is 0 Å². The van der Waals surface area contributed by atoms with Gasteiger partial charge in [0.05, 0.1) is 10.2 Å². The fraction of sp³-hybridized carbons (Fsp3) is 0. The Hall–Kier alpha value is -1.60. The molecule has 0 bridgehead atoms. The van der Waals surface area contributed by atoms with Crippen LogP contribution in [0.3, 0.4) is 0 Å². The molecule has 0 aliphatic heterocycles. The first-order valence-electron chi connectivity index (χ1n) is 5.15. The fourth-order valence-electron chi connectivity index (χ4n) is 1.37. The van der Waals surface area contributed by atoms with Crippen molar-refractivity contribution in [2.24, 2.45) is 5.73 Å². The van der Waals surface area contributed by atoms with Crippen molar-refractivity contribution in [3.63, 3.8) is 0 Å². The molecule has 3 N–H and O–H groups in total. The van der Waals surface area contributed by atoms with Gasteiger partial charge in [-0.25, -0.2) is 13.8 Å². The Morgan fingerprint density at radius 3 is 2.58 bits per heavy atom. The highest BCUT2D eigenvalue weighted by Gasteiger charge is 2.09. The third-order valence-corrected chi connectivity index (χ3v) is 3.16. The number of hydrogen-bond acceptors (Lipinski definition) is 3. The Balaban J connectivity index is 2.26. The van der Waals surface area contributed by atoms with E-state index in [9.17, 15) is 8.78 Å².